The molecule has 4 amide bonds. The molecule has 1 spiro atoms. The van der Waals surface area contributed by atoms with Crippen molar-refractivity contribution in [1.82, 2.24) is 40.4 Å². The number of alkyl carbamates (subject to hydrolysis) is 2. The highest BCUT2D eigenvalue weighted by atomic mass is 16.5. The van der Waals surface area contributed by atoms with Crippen LogP contribution in [0.4, 0.5) is 9.59 Å². The Bertz CT molecular complexity index is 2590. The number of methoxy groups -OCH3 is 2. The normalized spacial score (nSPS) is 19.9. The van der Waals surface area contributed by atoms with E-state index in [-0.39, 0.29) is 41.1 Å². The van der Waals surface area contributed by atoms with Gasteiger partial charge in [-0.15, -0.1) is 0 Å². The quantitative estimate of drug-likeness (QED) is 0.102. The number of imidazole rings is 2. The number of ether oxygens (including phenoxy) is 2. The van der Waals surface area contributed by atoms with E-state index < -0.39 is 24.3 Å². The number of H-pyrrole nitrogens is 2. The summed E-state index contributed by atoms with van der Waals surface area (Å²) in [4.78, 5) is 72.6. The van der Waals surface area contributed by atoms with Gasteiger partial charge in [-0.25, -0.2) is 19.6 Å². The van der Waals surface area contributed by atoms with Gasteiger partial charge < -0.3 is 39.9 Å². The van der Waals surface area contributed by atoms with Crippen molar-refractivity contribution in [3.63, 3.8) is 0 Å². The van der Waals surface area contributed by atoms with E-state index in [9.17, 15) is 19.2 Å². The van der Waals surface area contributed by atoms with Gasteiger partial charge >= 0.3 is 12.2 Å². The highest BCUT2D eigenvalue weighted by Gasteiger charge is 2.43. The van der Waals surface area contributed by atoms with Gasteiger partial charge in [-0.2, -0.15) is 0 Å². The Morgan fingerprint density at radius 2 is 1.22 bits per heavy atom. The lowest BCUT2D eigenvalue weighted by Crippen LogP contribution is -2.51. The Hall–Kier alpha value is -6.18. The molecule has 14 heteroatoms. The van der Waals surface area contributed by atoms with Crippen molar-refractivity contribution in [2.45, 2.75) is 116 Å². The summed E-state index contributed by atoms with van der Waals surface area (Å²) >= 11 is 0. The summed E-state index contributed by atoms with van der Waals surface area (Å²) < 4.78 is 9.64. The number of amides is 4. The first-order chi connectivity index (χ1) is 31.4. The van der Waals surface area contributed by atoms with Crippen LogP contribution in [0.2, 0.25) is 0 Å². The lowest BCUT2D eigenvalue weighted by molar-refractivity contribution is -0.136. The second kappa shape index (κ2) is 18.0. The number of nitrogens with zero attached hydrogens (tertiary/aromatic N) is 4. The molecule has 1 saturated carbocycles. The molecule has 9 rings (SSSR count). The topological polar surface area (TPSA) is 175 Å². The SMILES string of the molecule is COC(=O)N[C@H](C(=O)N1CCCC1c1nc2ccc(-c3ccc(-c4ccc(-c5cnc(C6CCCN6C(=O)[C@H](NC(=O)OC)C(C)C)[nH]5)c5c4CC4(CCCC4)C5)cc3)cc2[nH]1)C(C)C. The molecule has 4 aliphatic rings. The van der Waals surface area contributed by atoms with Crippen molar-refractivity contribution >= 4 is 35.0 Å². The summed E-state index contributed by atoms with van der Waals surface area (Å²) in [5.41, 5.74) is 11.6. The van der Waals surface area contributed by atoms with Crippen LogP contribution in [0.25, 0.3) is 44.5 Å². The van der Waals surface area contributed by atoms with E-state index in [4.69, 9.17) is 19.4 Å². The molecule has 4 heterocycles. The predicted molar refractivity (Wildman–Crippen MR) is 249 cm³/mol. The van der Waals surface area contributed by atoms with Crippen molar-refractivity contribution in [1.29, 1.82) is 0 Å². The maximum atomic E-state index is 13.8. The molecule has 4 N–H and O–H groups in total. The zero-order valence-corrected chi connectivity index (χ0v) is 38.5. The van der Waals surface area contributed by atoms with Gasteiger partial charge in [-0.3, -0.25) is 9.59 Å². The maximum Gasteiger partial charge on any atom is 0.407 e. The minimum absolute atomic E-state index is 0.103. The van der Waals surface area contributed by atoms with Crippen molar-refractivity contribution < 1.29 is 28.7 Å². The van der Waals surface area contributed by atoms with Gasteiger partial charge in [-0.1, -0.05) is 83.0 Å². The number of fused-ring (bicyclic) bond motifs is 2. The number of rotatable bonds is 11. The lowest BCUT2D eigenvalue weighted by Gasteiger charge is -2.30. The van der Waals surface area contributed by atoms with E-state index in [0.717, 1.165) is 78.0 Å². The smallest absolute Gasteiger partial charge is 0.407 e. The van der Waals surface area contributed by atoms with Crippen LogP contribution in [0, 0.1) is 17.3 Å². The van der Waals surface area contributed by atoms with Gasteiger partial charge in [0.15, 0.2) is 0 Å². The largest absolute Gasteiger partial charge is 0.453 e. The minimum Gasteiger partial charge on any atom is -0.453 e. The molecule has 14 nitrogen and oxygen atoms in total. The van der Waals surface area contributed by atoms with E-state index >= 15 is 0 Å². The fourth-order valence-electron chi connectivity index (χ4n) is 11.1. The Balaban J connectivity index is 0.957. The van der Waals surface area contributed by atoms with Crippen LogP contribution in [0.15, 0.2) is 60.8 Å². The van der Waals surface area contributed by atoms with Gasteiger partial charge in [-0.05, 0) is 114 Å². The molecule has 65 heavy (non-hydrogen) atoms. The highest BCUT2D eigenvalue weighted by Crippen LogP contribution is 2.53. The monoisotopic (exact) mass is 882 g/mol. The Kier molecular flexibility index (Phi) is 12.2. The van der Waals surface area contributed by atoms with Crippen LogP contribution in [0.3, 0.4) is 0 Å². The number of nitrogens with one attached hydrogen (secondary N) is 4. The van der Waals surface area contributed by atoms with Gasteiger partial charge in [0.1, 0.15) is 23.7 Å². The van der Waals surface area contributed by atoms with Crippen molar-refractivity contribution in [3.8, 4) is 33.5 Å². The van der Waals surface area contributed by atoms with Crippen LogP contribution in [-0.2, 0) is 31.9 Å². The lowest BCUT2D eigenvalue weighted by atomic mass is 9.82. The van der Waals surface area contributed by atoms with E-state index in [2.05, 4.69) is 69.1 Å². The van der Waals surface area contributed by atoms with Crippen LogP contribution >= 0.6 is 0 Å². The molecule has 2 unspecified atom stereocenters. The number of hydrogen-bond acceptors (Lipinski definition) is 8. The van der Waals surface area contributed by atoms with Crippen LogP contribution < -0.4 is 10.6 Å². The average Bonchev–Trinajstić information content (AvgIpc) is 4.17. The Morgan fingerprint density at radius 3 is 1.80 bits per heavy atom. The number of carbonyl (C=O) groups excluding carboxylic acids is 4. The zero-order chi connectivity index (χ0) is 45.6. The predicted octanol–water partition coefficient (Wildman–Crippen LogP) is 9.03. The summed E-state index contributed by atoms with van der Waals surface area (Å²) in [6.07, 6.45) is 11.1. The molecule has 0 bridgehead atoms. The van der Waals surface area contributed by atoms with Gasteiger partial charge in [0.25, 0.3) is 0 Å². The molecule has 4 atom stereocenters. The molecule has 2 aliphatic carbocycles. The third-order valence-electron chi connectivity index (χ3n) is 14.6. The number of benzene rings is 3. The third-order valence-corrected chi connectivity index (χ3v) is 14.6. The fourth-order valence-corrected chi connectivity index (χ4v) is 11.1. The first-order valence-electron chi connectivity index (χ1n) is 23.5. The molecule has 2 saturated heterocycles. The molecule has 342 valence electrons. The Labute approximate surface area is 380 Å². The van der Waals surface area contributed by atoms with E-state index in [0.29, 0.717) is 13.1 Å². The van der Waals surface area contributed by atoms with Crippen LogP contribution in [0.5, 0.6) is 0 Å². The summed E-state index contributed by atoms with van der Waals surface area (Å²) in [7, 11) is 2.61. The zero-order valence-electron chi connectivity index (χ0n) is 38.5. The number of carbonyl (C=O) groups is 4. The van der Waals surface area contributed by atoms with E-state index in [1.165, 1.54) is 67.7 Å². The van der Waals surface area contributed by atoms with E-state index in [1.807, 2.05) is 49.8 Å². The highest BCUT2D eigenvalue weighted by molar-refractivity contribution is 5.88. The second-order valence-corrected chi connectivity index (χ2v) is 19.4. The summed E-state index contributed by atoms with van der Waals surface area (Å²) in [5, 5.41) is 5.48. The minimum atomic E-state index is -0.689. The van der Waals surface area contributed by atoms with Gasteiger partial charge in [0, 0.05) is 18.7 Å². The Morgan fingerprint density at radius 1 is 0.677 bits per heavy atom. The number of hydrogen-bond donors (Lipinski definition) is 4. The molecule has 2 aliphatic heterocycles. The van der Waals surface area contributed by atoms with Gasteiger partial charge in [0.05, 0.1) is 49.2 Å². The summed E-state index contributed by atoms with van der Waals surface area (Å²) in [5.74, 6) is 1.08. The first kappa shape index (κ1) is 44.0. The molecule has 5 aromatic rings. The van der Waals surface area contributed by atoms with Crippen LogP contribution in [0.1, 0.15) is 114 Å². The molecule has 3 fully saturated rings. The van der Waals surface area contributed by atoms with Crippen LogP contribution in [-0.4, -0.2) is 93.1 Å². The molecule has 2 aromatic heterocycles. The standard InChI is InChI=1S/C51H62N8O6/c1-29(2)43(56-49(62)64-5)47(60)58-23-9-11-41(58)45-52-28-40(55-45)35-19-18-34(36-26-51(27-37(35)36)21-7-8-22-51)32-15-13-31(14-16-32)33-17-20-38-39(25-33)54-46(53-38)42-12-10-24-59(42)48(61)44(30(3)4)57-50(63)65-6/h13-20,25,28-30,41-44H,7-12,21-24,26-27H2,1-6H3,(H,52,55)(H,53,54)(H,56,62)(H,57,63)/t41?,42?,43-,44+/m1/s1. The van der Waals surface area contributed by atoms with Crippen molar-refractivity contribution in [3.05, 3.63) is 83.6 Å². The fraction of sp³-hybridized carbons (Fsp3) is 0.490. The molecular weight excluding hydrogens is 821 g/mol. The number of aromatic amines is 2. The molecular formula is C51H62N8O6. The third kappa shape index (κ3) is 8.47. The number of aromatic nitrogens is 4. The molecule has 3 aromatic carbocycles. The maximum absolute atomic E-state index is 13.8. The summed E-state index contributed by atoms with van der Waals surface area (Å²) in [6.45, 7) is 8.90. The molecule has 0 radical (unpaired) electrons. The first-order valence-corrected chi connectivity index (χ1v) is 23.5. The van der Waals surface area contributed by atoms with Crippen molar-refractivity contribution in [2.75, 3.05) is 27.3 Å². The van der Waals surface area contributed by atoms with Gasteiger partial charge in [0.2, 0.25) is 11.8 Å². The second-order valence-electron chi connectivity index (χ2n) is 19.4. The number of likely N-dealkylation sites (tertiary alicyclic amines) is 2. The van der Waals surface area contributed by atoms with E-state index in [1.54, 1.807) is 0 Å². The average molecular weight is 883 g/mol. The van der Waals surface area contributed by atoms with Crippen molar-refractivity contribution in [2.24, 2.45) is 17.3 Å². The summed E-state index contributed by atoms with van der Waals surface area (Å²) in [6, 6.07) is 17.9.